The monoisotopic (exact) mass is 307 g/mol. The Morgan fingerprint density at radius 1 is 1.52 bits per heavy atom. The Morgan fingerprint density at radius 3 is 2.86 bits per heavy atom. The van der Waals surface area contributed by atoms with Crippen molar-refractivity contribution in [2.45, 2.75) is 38.6 Å². The molecule has 2 heterocycles. The molecule has 1 N–H and O–H groups in total. The van der Waals surface area contributed by atoms with E-state index in [9.17, 15) is 9.90 Å². The normalized spacial score (nSPS) is 16.0. The van der Waals surface area contributed by atoms with Crippen LogP contribution in [-0.2, 0) is 7.05 Å². The third-order valence-electron chi connectivity index (χ3n) is 4.27. The zero-order valence-corrected chi connectivity index (χ0v) is 13.3. The maximum atomic E-state index is 12.8. The summed E-state index contributed by atoms with van der Waals surface area (Å²) in [5.74, 6) is 0.0524. The van der Waals surface area contributed by atoms with Gasteiger partial charge in [-0.25, -0.2) is 0 Å². The summed E-state index contributed by atoms with van der Waals surface area (Å²) in [6.45, 7) is 2.41. The Hall–Kier alpha value is -1.40. The number of aliphatic hydroxyl groups excluding tert-OH is 1. The Balaban J connectivity index is 1.91. The molecule has 5 nitrogen and oxygen atoms in total. The molecule has 0 aliphatic heterocycles. The fourth-order valence-corrected chi connectivity index (χ4v) is 4.30. The molecule has 21 heavy (non-hydrogen) atoms. The maximum absolute atomic E-state index is 12.8. The van der Waals surface area contributed by atoms with Crippen LogP contribution in [0.3, 0.4) is 0 Å². The van der Waals surface area contributed by atoms with Crippen molar-refractivity contribution >= 4 is 27.5 Å². The van der Waals surface area contributed by atoms with Crippen molar-refractivity contribution in [2.24, 2.45) is 7.05 Å². The predicted molar refractivity (Wildman–Crippen MR) is 83.7 cm³/mol. The van der Waals surface area contributed by atoms with E-state index in [1.807, 2.05) is 29.6 Å². The molecule has 2 aromatic heterocycles. The lowest BCUT2D eigenvalue weighted by molar-refractivity contribution is 0.0643. The number of rotatable bonds is 4. The lowest BCUT2D eigenvalue weighted by Crippen LogP contribution is -2.40. The van der Waals surface area contributed by atoms with E-state index in [1.54, 1.807) is 0 Å². The largest absolute Gasteiger partial charge is 0.395 e. The van der Waals surface area contributed by atoms with Crippen LogP contribution in [0.1, 0.15) is 41.0 Å². The van der Waals surface area contributed by atoms with Gasteiger partial charge < -0.3 is 10.0 Å². The highest BCUT2D eigenvalue weighted by Crippen LogP contribution is 2.31. The van der Waals surface area contributed by atoms with Crippen molar-refractivity contribution in [1.82, 2.24) is 14.7 Å². The van der Waals surface area contributed by atoms with Crippen LogP contribution in [0, 0.1) is 6.92 Å². The van der Waals surface area contributed by atoms with E-state index >= 15 is 0 Å². The second-order valence-electron chi connectivity index (χ2n) is 5.70. The number of hydrogen-bond donors (Lipinski definition) is 1. The number of thiophene rings is 1. The number of aromatic nitrogens is 2. The smallest absolute Gasteiger partial charge is 0.264 e. The summed E-state index contributed by atoms with van der Waals surface area (Å²) in [7, 11) is 1.91. The Morgan fingerprint density at radius 2 is 2.24 bits per heavy atom. The van der Waals surface area contributed by atoms with Crippen molar-refractivity contribution in [3.8, 4) is 0 Å². The van der Waals surface area contributed by atoms with Crippen molar-refractivity contribution in [3.05, 3.63) is 16.6 Å². The number of hydrogen-bond acceptors (Lipinski definition) is 4. The molecule has 1 saturated carbocycles. The summed E-state index contributed by atoms with van der Waals surface area (Å²) in [5, 5.41) is 14.7. The van der Waals surface area contributed by atoms with Crippen molar-refractivity contribution in [1.29, 1.82) is 0 Å². The summed E-state index contributed by atoms with van der Waals surface area (Å²) in [4.78, 5) is 16.5. The number of amides is 1. The van der Waals surface area contributed by atoms with E-state index in [1.165, 1.54) is 24.2 Å². The molecular formula is C15H21N3O2S. The molecule has 114 valence electrons. The van der Waals surface area contributed by atoms with E-state index in [4.69, 9.17) is 0 Å². The van der Waals surface area contributed by atoms with Crippen LogP contribution in [0.15, 0.2) is 6.07 Å². The molecule has 1 fully saturated rings. The zero-order chi connectivity index (χ0) is 15.0. The second-order valence-corrected chi connectivity index (χ2v) is 6.73. The van der Waals surface area contributed by atoms with Gasteiger partial charge in [-0.1, -0.05) is 12.8 Å². The van der Waals surface area contributed by atoms with Crippen molar-refractivity contribution in [3.63, 3.8) is 0 Å². The number of fused-ring (bicyclic) bond motifs is 1. The summed E-state index contributed by atoms with van der Waals surface area (Å²) in [6.07, 6.45) is 4.46. The van der Waals surface area contributed by atoms with Gasteiger partial charge in [0.05, 0.1) is 17.2 Å². The number of aliphatic hydroxyl groups is 1. The molecule has 1 amide bonds. The van der Waals surface area contributed by atoms with Gasteiger partial charge in [0, 0.05) is 25.0 Å². The van der Waals surface area contributed by atoms with Gasteiger partial charge >= 0.3 is 0 Å². The van der Waals surface area contributed by atoms with E-state index in [0.717, 1.165) is 33.6 Å². The van der Waals surface area contributed by atoms with Gasteiger partial charge in [0.15, 0.2) is 0 Å². The highest BCUT2D eigenvalue weighted by molar-refractivity contribution is 7.20. The fourth-order valence-electron chi connectivity index (χ4n) is 3.23. The molecule has 0 aromatic carbocycles. The number of carbonyl (C=O) groups is 1. The van der Waals surface area contributed by atoms with E-state index < -0.39 is 0 Å². The molecular weight excluding hydrogens is 286 g/mol. The first-order valence-electron chi connectivity index (χ1n) is 7.46. The molecule has 0 saturated heterocycles. The fraction of sp³-hybridized carbons (Fsp3) is 0.600. The van der Waals surface area contributed by atoms with Crippen molar-refractivity contribution in [2.75, 3.05) is 13.2 Å². The van der Waals surface area contributed by atoms with Crippen LogP contribution in [0.5, 0.6) is 0 Å². The van der Waals surface area contributed by atoms with Crippen molar-refractivity contribution < 1.29 is 9.90 Å². The topological polar surface area (TPSA) is 58.4 Å². The SMILES string of the molecule is Cc1nn(C)c2sc(C(=O)N(CCO)C3CCCC3)cc12. The Kier molecular flexibility index (Phi) is 3.99. The zero-order valence-electron chi connectivity index (χ0n) is 12.5. The average Bonchev–Trinajstić information content (AvgIpc) is 3.16. The second kappa shape index (κ2) is 5.77. The van der Waals surface area contributed by atoms with Crippen LogP contribution >= 0.6 is 11.3 Å². The number of aryl methyl sites for hydroxylation is 2. The van der Waals surface area contributed by atoms with Gasteiger partial charge in [-0.2, -0.15) is 5.10 Å². The Labute approximate surface area is 128 Å². The first-order chi connectivity index (χ1) is 10.1. The summed E-state index contributed by atoms with van der Waals surface area (Å²) < 4.78 is 1.83. The van der Waals surface area contributed by atoms with E-state index in [2.05, 4.69) is 5.10 Å². The molecule has 1 aliphatic carbocycles. The third-order valence-corrected chi connectivity index (χ3v) is 5.46. The van der Waals surface area contributed by atoms with Crippen LogP contribution < -0.4 is 0 Å². The van der Waals surface area contributed by atoms with Crippen LogP contribution in [0.2, 0.25) is 0 Å². The standard InChI is InChI=1S/C15H21N3O2S/c1-10-12-9-13(21-15(12)17(2)16-10)14(20)18(7-8-19)11-5-3-4-6-11/h9,11,19H,3-8H2,1-2H3. The summed E-state index contributed by atoms with van der Waals surface area (Å²) in [6, 6.07) is 2.23. The lowest BCUT2D eigenvalue weighted by Gasteiger charge is -2.27. The summed E-state index contributed by atoms with van der Waals surface area (Å²) >= 11 is 1.49. The highest BCUT2D eigenvalue weighted by Gasteiger charge is 2.28. The van der Waals surface area contributed by atoms with Gasteiger partial charge in [0.25, 0.3) is 5.91 Å². The van der Waals surface area contributed by atoms with Gasteiger partial charge in [0.1, 0.15) is 4.83 Å². The molecule has 2 aromatic rings. The first kappa shape index (κ1) is 14.5. The minimum absolute atomic E-state index is 0.0215. The number of nitrogens with zero attached hydrogens (tertiary/aromatic N) is 3. The first-order valence-corrected chi connectivity index (χ1v) is 8.28. The number of carbonyl (C=O) groups excluding carboxylic acids is 1. The Bertz CT molecular complexity index is 621. The molecule has 0 atom stereocenters. The van der Waals surface area contributed by atoms with Crippen LogP contribution in [0.25, 0.3) is 10.2 Å². The molecule has 0 radical (unpaired) electrons. The van der Waals surface area contributed by atoms with E-state index in [0.29, 0.717) is 6.54 Å². The molecule has 0 unspecified atom stereocenters. The minimum atomic E-state index is 0.0215. The molecule has 1 aliphatic rings. The van der Waals surface area contributed by atoms with Gasteiger partial charge in [-0.15, -0.1) is 11.3 Å². The molecule has 0 bridgehead atoms. The van der Waals surface area contributed by atoms with Gasteiger partial charge in [-0.05, 0) is 25.8 Å². The van der Waals surface area contributed by atoms with Crippen LogP contribution in [-0.4, -0.2) is 44.9 Å². The average molecular weight is 307 g/mol. The minimum Gasteiger partial charge on any atom is -0.395 e. The predicted octanol–water partition coefficient (Wildman–Crippen LogP) is 2.32. The quantitative estimate of drug-likeness (QED) is 0.943. The van der Waals surface area contributed by atoms with Gasteiger partial charge in [-0.3, -0.25) is 9.48 Å². The highest BCUT2D eigenvalue weighted by atomic mass is 32.1. The lowest BCUT2D eigenvalue weighted by atomic mass is 10.2. The molecule has 0 spiro atoms. The maximum Gasteiger partial charge on any atom is 0.264 e. The molecule has 6 heteroatoms. The third kappa shape index (κ3) is 2.58. The summed E-state index contributed by atoms with van der Waals surface area (Å²) in [5.41, 5.74) is 0.956. The van der Waals surface area contributed by atoms with Crippen LogP contribution in [0.4, 0.5) is 0 Å². The molecule has 3 rings (SSSR count). The van der Waals surface area contributed by atoms with Gasteiger partial charge in [0.2, 0.25) is 0 Å². The van der Waals surface area contributed by atoms with E-state index in [-0.39, 0.29) is 18.6 Å².